The highest BCUT2D eigenvalue weighted by molar-refractivity contribution is 5.64. The van der Waals surface area contributed by atoms with Crippen LogP contribution >= 0.6 is 0 Å². The fourth-order valence-electron chi connectivity index (χ4n) is 2.82. The van der Waals surface area contributed by atoms with E-state index in [9.17, 15) is 10.1 Å². The molecule has 0 unspecified atom stereocenters. The smallest absolute Gasteiger partial charge is 0.293 e. The molecule has 0 atom stereocenters. The Hall–Kier alpha value is -2.88. The van der Waals surface area contributed by atoms with Crippen LogP contribution in [-0.4, -0.2) is 9.94 Å². The number of aromatic nitrogens is 2. The summed E-state index contributed by atoms with van der Waals surface area (Å²) in [5, 5.41) is 10.4. The molecule has 116 valence electrons. The van der Waals surface area contributed by atoms with Crippen LogP contribution in [0.25, 0.3) is 22.5 Å². The minimum Gasteiger partial charge on any atom is -0.428 e. The molecule has 0 amide bonds. The second-order valence-electron chi connectivity index (χ2n) is 5.71. The van der Waals surface area contributed by atoms with E-state index in [0.717, 1.165) is 25.8 Å². The summed E-state index contributed by atoms with van der Waals surface area (Å²) in [6, 6.07) is 17.1. The Kier molecular flexibility index (Phi) is 3.74. The van der Waals surface area contributed by atoms with Gasteiger partial charge in [0.1, 0.15) is 11.4 Å². The number of hydrogen-bond acceptors (Lipinski definition) is 2. The van der Waals surface area contributed by atoms with Gasteiger partial charge in [0.25, 0.3) is 11.4 Å². The van der Waals surface area contributed by atoms with Gasteiger partial charge in [-0.05, 0) is 45.0 Å². The average Bonchev–Trinajstić information content (AvgIpc) is 2.56. The Morgan fingerprint density at radius 3 is 1.78 bits per heavy atom. The minimum atomic E-state index is 0.453. The fraction of sp³-hybridized carbons (Fsp3) is 0.158. The van der Waals surface area contributed by atoms with Crippen LogP contribution in [0.3, 0.4) is 0 Å². The van der Waals surface area contributed by atoms with Crippen LogP contribution in [-0.2, 0) is 0 Å². The van der Waals surface area contributed by atoms with E-state index in [-0.39, 0.29) is 0 Å². The van der Waals surface area contributed by atoms with Crippen LogP contribution in [0.15, 0.2) is 54.6 Å². The zero-order valence-electron chi connectivity index (χ0n) is 13.4. The first-order valence-corrected chi connectivity index (χ1v) is 7.51. The molecule has 3 aromatic rings. The first-order chi connectivity index (χ1) is 11.0. The maximum absolute atomic E-state index is 13.0. The second kappa shape index (κ2) is 5.72. The van der Waals surface area contributed by atoms with E-state index in [1.807, 2.05) is 61.5 Å². The molecule has 0 saturated carbocycles. The van der Waals surface area contributed by atoms with Crippen molar-refractivity contribution in [1.82, 2.24) is 4.73 Å². The molecule has 0 aliphatic rings. The van der Waals surface area contributed by atoms with Crippen molar-refractivity contribution in [2.75, 3.05) is 0 Å². The summed E-state index contributed by atoms with van der Waals surface area (Å²) in [6.07, 6.45) is 0. The highest BCUT2D eigenvalue weighted by Gasteiger charge is 2.28. The Bertz CT molecular complexity index is 911. The van der Waals surface area contributed by atoms with Gasteiger partial charge in [0, 0.05) is 4.91 Å². The van der Waals surface area contributed by atoms with Crippen LogP contribution in [0.5, 0.6) is 0 Å². The number of benzene rings is 2. The van der Waals surface area contributed by atoms with Crippen molar-refractivity contribution in [3.63, 3.8) is 0 Å². The maximum Gasteiger partial charge on any atom is 0.293 e. The Balaban J connectivity index is 2.36. The Morgan fingerprint density at radius 1 is 0.783 bits per heavy atom. The van der Waals surface area contributed by atoms with Crippen molar-refractivity contribution in [3.8, 4) is 22.5 Å². The molecule has 4 heteroatoms. The van der Waals surface area contributed by atoms with Crippen molar-refractivity contribution in [3.05, 3.63) is 76.5 Å². The highest BCUT2D eigenvalue weighted by atomic mass is 16.5. The Labute approximate surface area is 134 Å². The molecule has 0 saturated heterocycles. The third-order valence-electron chi connectivity index (χ3n) is 4.10. The molecule has 1 N–H and O–H groups in total. The molecule has 0 aliphatic heterocycles. The van der Waals surface area contributed by atoms with Crippen molar-refractivity contribution < 1.29 is 9.63 Å². The summed E-state index contributed by atoms with van der Waals surface area (Å²) in [7, 11) is 0. The minimum absolute atomic E-state index is 0.453. The fourth-order valence-corrected chi connectivity index (χ4v) is 2.82. The summed E-state index contributed by atoms with van der Waals surface area (Å²) in [4.78, 5) is 13.0. The van der Waals surface area contributed by atoms with Gasteiger partial charge >= 0.3 is 0 Å². The summed E-state index contributed by atoms with van der Waals surface area (Å²) < 4.78 is 2.00. The van der Waals surface area contributed by atoms with Gasteiger partial charge in [0.05, 0.1) is 15.6 Å². The van der Waals surface area contributed by atoms with Crippen molar-refractivity contribution >= 4 is 0 Å². The van der Waals surface area contributed by atoms with Crippen LogP contribution in [0.2, 0.25) is 0 Å². The first kappa shape index (κ1) is 15.0. The summed E-state index contributed by atoms with van der Waals surface area (Å²) in [6.45, 7) is 5.48. The van der Waals surface area contributed by atoms with E-state index in [1.54, 1.807) is 13.8 Å². The summed E-state index contributed by atoms with van der Waals surface area (Å²) in [5.41, 5.74) is 4.61. The van der Waals surface area contributed by atoms with Gasteiger partial charge in [-0.3, -0.25) is 0 Å². The van der Waals surface area contributed by atoms with Gasteiger partial charge in [-0.2, -0.15) is 4.73 Å². The quantitative estimate of drug-likeness (QED) is 0.576. The molecule has 3 rings (SSSR count). The molecule has 0 radical (unpaired) electrons. The zero-order valence-corrected chi connectivity index (χ0v) is 13.4. The zero-order chi connectivity index (χ0) is 16.6. The monoisotopic (exact) mass is 307 g/mol. The third-order valence-corrected chi connectivity index (χ3v) is 4.10. The third kappa shape index (κ3) is 2.52. The van der Waals surface area contributed by atoms with E-state index < -0.39 is 0 Å². The van der Waals surface area contributed by atoms with Crippen LogP contribution in [0.1, 0.15) is 17.0 Å². The maximum atomic E-state index is 13.0. The topological polar surface area (TPSA) is 48.1 Å². The molecule has 0 bridgehead atoms. The van der Waals surface area contributed by atoms with E-state index in [0.29, 0.717) is 22.8 Å². The lowest BCUT2D eigenvalue weighted by atomic mass is 10.1. The number of aryl methyl sites for hydroxylation is 1. The molecule has 1 aromatic heterocycles. The number of rotatable bonds is 2. The molecule has 2 aromatic carbocycles. The van der Waals surface area contributed by atoms with Crippen LogP contribution < -0.4 is 4.43 Å². The molecule has 1 heterocycles. The average molecular weight is 307 g/mol. The van der Waals surface area contributed by atoms with Crippen molar-refractivity contribution in [1.29, 1.82) is 0 Å². The van der Waals surface area contributed by atoms with E-state index >= 15 is 0 Å². The van der Waals surface area contributed by atoms with Gasteiger partial charge < -0.3 is 5.21 Å². The van der Waals surface area contributed by atoms with Crippen LogP contribution in [0.4, 0.5) is 0 Å². The van der Waals surface area contributed by atoms with Crippen molar-refractivity contribution in [2.24, 2.45) is 0 Å². The largest absolute Gasteiger partial charge is 0.428 e. The lowest BCUT2D eigenvalue weighted by Gasteiger charge is -2.09. The van der Waals surface area contributed by atoms with E-state index in [4.69, 9.17) is 0 Å². The number of nitrogens with zero attached hydrogens (tertiary/aromatic N) is 2. The van der Waals surface area contributed by atoms with Crippen molar-refractivity contribution in [2.45, 2.75) is 20.8 Å². The molecule has 4 nitrogen and oxygen atoms in total. The SMILES string of the molecule is Cc1ccc(-c2c(C)n(O)c(C)c(-c3ccccc3)[n+]2=O)cc1. The predicted octanol–water partition coefficient (Wildman–Crippen LogP) is 3.90. The number of hydrogen-bond donors (Lipinski definition) is 1. The lowest BCUT2D eigenvalue weighted by Crippen LogP contribution is -2.28. The molecule has 0 aliphatic carbocycles. The summed E-state index contributed by atoms with van der Waals surface area (Å²) in [5.74, 6) is 0. The molecule has 0 fully saturated rings. The van der Waals surface area contributed by atoms with Gasteiger partial charge in [-0.1, -0.05) is 35.9 Å². The van der Waals surface area contributed by atoms with Crippen LogP contribution in [0, 0.1) is 25.7 Å². The Morgan fingerprint density at radius 2 is 1.26 bits per heavy atom. The van der Waals surface area contributed by atoms with Gasteiger partial charge in [0.2, 0.25) is 0 Å². The first-order valence-electron chi connectivity index (χ1n) is 7.51. The summed E-state index contributed by atoms with van der Waals surface area (Å²) >= 11 is 0. The molecule has 0 spiro atoms. The highest BCUT2D eigenvalue weighted by Crippen LogP contribution is 2.25. The van der Waals surface area contributed by atoms with Gasteiger partial charge in [-0.15, -0.1) is 0 Å². The lowest BCUT2D eigenvalue weighted by molar-refractivity contribution is -0.472. The van der Waals surface area contributed by atoms with Gasteiger partial charge in [0.15, 0.2) is 0 Å². The molecular formula is C19H19N2O2+. The van der Waals surface area contributed by atoms with E-state index in [2.05, 4.69) is 0 Å². The van der Waals surface area contributed by atoms with E-state index in [1.165, 1.54) is 0 Å². The van der Waals surface area contributed by atoms with Gasteiger partial charge in [-0.25, -0.2) is 0 Å². The predicted molar refractivity (Wildman–Crippen MR) is 90.1 cm³/mol. The molecule has 23 heavy (non-hydrogen) atoms. The molecular weight excluding hydrogens is 288 g/mol. The standard InChI is InChI=1S/C19H19N2O2/c1-13-9-11-17(12-10-13)19-15(3)20(22)14(2)18(21(19)23)16-7-5-4-6-8-16/h4-12,22H,1-3H3/q+1. The second-order valence-corrected chi connectivity index (χ2v) is 5.71. The normalized spacial score (nSPS) is 10.7.